The lowest BCUT2D eigenvalue weighted by atomic mass is 9.72. The first-order valence-corrected chi connectivity index (χ1v) is 13.1. The van der Waals surface area contributed by atoms with Gasteiger partial charge in [0.15, 0.2) is 5.82 Å². The highest BCUT2D eigenvalue weighted by molar-refractivity contribution is 5.97. The molecule has 0 bridgehead atoms. The van der Waals surface area contributed by atoms with Crippen LogP contribution in [0.2, 0.25) is 0 Å². The van der Waals surface area contributed by atoms with Crippen LogP contribution in [0.5, 0.6) is 11.6 Å². The molecule has 1 saturated carbocycles. The van der Waals surface area contributed by atoms with Crippen LogP contribution >= 0.6 is 0 Å². The van der Waals surface area contributed by atoms with Gasteiger partial charge in [0.25, 0.3) is 11.8 Å². The Labute approximate surface area is 212 Å². The summed E-state index contributed by atoms with van der Waals surface area (Å²) in [5.41, 5.74) is 1.02. The SMILES string of the molecule is CCN(C(=O)c1cc(F)ccc1Oc1nncnc1N1CC2(CCN(CC3(C)CC3)CC2)C1)C(C)C. The fourth-order valence-electron chi connectivity index (χ4n) is 5.63. The van der Waals surface area contributed by atoms with Gasteiger partial charge in [-0.05, 0) is 83.2 Å². The molecular formula is C27H37FN6O2. The Morgan fingerprint density at radius 2 is 1.92 bits per heavy atom. The smallest absolute Gasteiger partial charge is 0.282 e. The van der Waals surface area contributed by atoms with Crippen LogP contribution in [-0.4, -0.2) is 76.2 Å². The standard InChI is InChI=1S/C27H37FN6O2/c1-5-34(19(2)3)25(35)21-14-20(28)6-7-22(21)36-24-23(29-18-30-31-24)33-16-27(17-33)10-12-32(13-11-27)15-26(4)8-9-26/h6-7,14,18-19H,5,8-13,15-17H2,1-4H3. The van der Waals surface area contributed by atoms with Gasteiger partial charge in [0.2, 0.25) is 0 Å². The number of rotatable bonds is 8. The van der Waals surface area contributed by atoms with Crippen molar-refractivity contribution in [3.05, 3.63) is 35.9 Å². The largest absolute Gasteiger partial charge is 0.434 e. The molecule has 1 aliphatic carbocycles. The van der Waals surface area contributed by atoms with Gasteiger partial charge in [0.05, 0.1) is 5.56 Å². The first kappa shape index (κ1) is 24.9. The number of likely N-dealkylation sites (tertiary alicyclic amines) is 1. The third kappa shape index (κ3) is 5.03. The number of nitrogens with zero attached hydrogens (tertiary/aromatic N) is 6. The molecule has 0 N–H and O–H groups in total. The van der Waals surface area contributed by atoms with Crippen molar-refractivity contribution in [1.29, 1.82) is 0 Å². The molecule has 0 radical (unpaired) electrons. The van der Waals surface area contributed by atoms with Gasteiger partial charge in [-0.15, -0.1) is 10.2 Å². The monoisotopic (exact) mass is 496 g/mol. The zero-order valence-electron chi connectivity index (χ0n) is 21.8. The first-order chi connectivity index (χ1) is 17.2. The number of hydrogen-bond acceptors (Lipinski definition) is 7. The molecule has 3 fully saturated rings. The molecule has 1 aromatic carbocycles. The van der Waals surface area contributed by atoms with Crippen molar-refractivity contribution in [2.24, 2.45) is 10.8 Å². The molecule has 2 aromatic rings. The average molecular weight is 497 g/mol. The molecule has 194 valence electrons. The molecule has 1 aromatic heterocycles. The van der Waals surface area contributed by atoms with E-state index in [1.54, 1.807) is 4.90 Å². The molecule has 3 aliphatic rings. The number of hydrogen-bond donors (Lipinski definition) is 0. The second-order valence-electron chi connectivity index (χ2n) is 11.5. The van der Waals surface area contributed by atoms with Crippen LogP contribution in [0.15, 0.2) is 24.5 Å². The highest BCUT2D eigenvalue weighted by Gasteiger charge is 2.48. The Balaban J connectivity index is 1.29. The van der Waals surface area contributed by atoms with Crippen LogP contribution in [0, 0.1) is 16.6 Å². The molecule has 0 unspecified atom stereocenters. The summed E-state index contributed by atoms with van der Waals surface area (Å²) < 4.78 is 20.2. The van der Waals surface area contributed by atoms with Gasteiger partial charge in [0.1, 0.15) is 17.9 Å². The molecule has 3 heterocycles. The maximum atomic E-state index is 14.1. The lowest BCUT2D eigenvalue weighted by Gasteiger charge is -2.54. The summed E-state index contributed by atoms with van der Waals surface area (Å²) in [5.74, 6) is 0.327. The van der Waals surface area contributed by atoms with Crippen molar-refractivity contribution in [2.75, 3.05) is 44.2 Å². The minimum Gasteiger partial charge on any atom is -0.434 e. The van der Waals surface area contributed by atoms with Gasteiger partial charge in [-0.1, -0.05) is 6.92 Å². The van der Waals surface area contributed by atoms with Crippen LogP contribution in [0.25, 0.3) is 0 Å². The zero-order chi connectivity index (χ0) is 25.5. The summed E-state index contributed by atoms with van der Waals surface area (Å²) in [7, 11) is 0. The van der Waals surface area contributed by atoms with Gasteiger partial charge >= 0.3 is 0 Å². The quantitative estimate of drug-likeness (QED) is 0.537. The minimum absolute atomic E-state index is 0.0248. The summed E-state index contributed by atoms with van der Waals surface area (Å²) in [4.78, 5) is 24.1. The molecule has 8 nitrogen and oxygen atoms in total. The third-order valence-corrected chi connectivity index (χ3v) is 8.15. The summed E-state index contributed by atoms with van der Waals surface area (Å²) in [6, 6.07) is 3.96. The predicted molar refractivity (Wildman–Crippen MR) is 136 cm³/mol. The Morgan fingerprint density at radius 1 is 1.19 bits per heavy atom. The molecule has 36 heavy (non-hydrogen) atoms. The fraction of sp³-hybridized carbons (Fsp3) is 0.630. The van der Waals surface area contributed by atoms with Crippen LogP contribution in [-0.2, 0) is 0 Å². The lowest BCUT2D eigenvalue weighted by molar-refractivity contribution is 0.0656. The summed E-state index contributed by atoms with van der Waals surface area (Å²) in [6.07, 6.45) is 6.52. The number of carbonyl (C=O) groups excluding carboxylic acids is 1. The van der Waals surface area contributed by atoms with E-state index in [1.807, 2.05) is 20.8 Å². The van der Waals surface area contributed by atoms with Crippen LogP contribution in [0.4, 0.5) is 10.2 Å². The van der Waals surface area contributed by atoms with E-state index in [-0.39, 0.29) is 29.1 Å². The van der Waals surface area contributed by atoms with Gasteiger partial charge in [-0.25, -0.2) is 9.37 Å². The highest BCUT2D eigenvalue weighted by Crippen LogP contribution is 2.48. The molecule has 2 aliphatic heterocycles. The van der Waals surface area contributed by atoms with Crippen molar-refractivity contribution in [3.8, 4) is 11.6 Å². The first-order valence-electron chi connectivity index (χ1n) is 13.1. The second-order valence-corrected chi connectivity index (χ2v) is 11.5. The Hall–Kier alpha value is -2.81. The Bertz CT molecular complexity index is 1110. The van der Waals surface area contributed by atoms with E-state index < -0.39 is 5.82 Å². The minimum atomic E-state index is -0.491. The summed E-state index contributed by atoms with van der Waals surface area (Å²) in [5, 5.41) is 8.11. The molecule has 2 saturated heterocycles. The van der Waals surface area contributed by atoms with Gasteiger partial charge in [0, 0.05) is 37.6 Å². The van der Waals surface area contributed by atoms with Crippen molar-refractivity contribution in [3.63, 3.8) is 0 Å². The number of anilines is 1. The Morgan fingerprint density at radius 3 is 2.56 bits per heavy atom. The van der Waals surface area contributed by atoms with E-state index in [1.165, 1.54) is 56.8 Å². The van der Waals surface area contributed by atoms with E-state index in [9.17, 15) is 9.18 Å². The fourth-order valence-corrected chi connectivity index (χ4v) is 5.63. The number of benzene rings is 1. The number of carbonyl (C=O) groups is 1. The van der Waals surface area contributed by atoms with Gasteiger partial charge in [-0.3, -0.25) is 4.79 Å². The molecule has 5 rings (SSSR count). The maximum absolute atomic E-state index is 14.1. The topological polar surface area (TPSA) is 74.7 Å². The Kier molecular flexibility index (Phi) is 6.61. The van der Waals surface area contributed by atoms with E-state index in [0.717, 1.165) is 26.2 Å². The van der Waals surface area contributed by atoms with Crippen molar-refractivity contribution in [2.45, 2.75) is 59.4 Å². The number of ether oxygens (including phenoxy) is 1. The molecule has 0 atom stereocenters. The van der Waals surface area contributed by atoms with E-state index in [0.29, 0.717) is 23.2 Å². The van der Waals surface area contributed by atoms with Crippen LogP contribution in [0.1, 0.15) is 63.7 Å². The van der Waals surface area contributed by atoms with Crippen molar-refractivity contribution < 1.29 is 13.9 Å². The van der Waals surface area contributed by atoms with E-state index in [4.69, 9.17) is 4.74 Å². The number of amides is 1. The van der Waals surface area contributed by atoms with Gasteiger partial charge < -0.3 is 19.4 Å². The number of aromatic nitrogens is 3. The highest BCUT2D eigenvalue weighted by atomic mass is 19.1. The number of piperidine rings is 1. The van der Waals surface area contributed by atoms with E-state index >= 15 is 0 Å². The van der Waals surface area contributed by atoms with Crippen LogP contribution in [0.3, 0.4) is 0 Å². The predicted octanol–water partition coefficient (Wildman–Crippen LogP) is 4.38. The van der Waals surface area contributed by atoms with Crippen molar-refractivity contribution >= 4 is 11.7 Å². The third-order valence-electron chi connectivity index (χ3n) is 8.15. The zero-order valence-corrected chi connectivity index (χ0v) is 21.8. The summed E-state index contributed by atoms with van der Waals surface area (Å²) >= 11 is 0. The van der Waals surface area contributed by atoms with Gasteiger partial charge in [-0.2, -0.15) is 0 Å². The number of halogens is 1. The molecular weight excluding hydrogens is 459 g/mol. The maximum Gasteiger partial charge on any atom is 0.282 e. The van der Waals surface area contributed by atoms with E-state index in [2.05, 4.69) is 31.9 Å². The normalized spacial score (nSPS) is 20.3. The average Bonchev–Trinajstić information content (AvgIpc) is 3.56. The lowest BCUT2D eigenvalue weighted by Crippen LogP contribution is -2.61. The summed E-state index contributed by atoms with van der Waals surface area (Å²) in [6.45, 7) is 14.0. The molecule has 9 heteroatoms. The van der Waals surface area contributed by atoms with Crippen molar-refractivity contribution in [1.82, 2.24) is 25.0 Å². The van der Waals surface area contributed by atoms with Crippen LogP contribution < -0.4 is 9.64 Å². The molecule has 1 spiro atoms. The molecule has 1 amide bonds. The second kappa shape index (κ2) is 9.57.